The van der Waals surface area contributed by atoms with Gasteiger partial charge in [0.1, 0.15) is 5.65 Å². The first-order chi connectivity index (χ1) is 22.8. The summed E-state index contributed by atoms with van der Waals surface area (Å²) in [7, 11) is 0. The number of fused-ring (bicyclic) bond motifs is 11. The van der Waals surface area contributed by atoms with Crippen molar-refractivity contribution in [1.82, 2.24) is 14.0 Å². The van der Waals surface area contributed by atoms with Crippen LogP contribution < -0.4 is 0 Å². The molecule has 0 atom stereocenters. The van der Waals surface area contributed by atoms with E-state index in [1.54, 1.807) is 0 Å². The summed E-state index contributed by atoms with van der Waals surface area (Å²) in [6, 6.07) is 59.0. The lowest BCUT2D eigenvalue weighted by Gasteiger charge is -2.11. The molecule has 0 aliphatic rings. The molecular weight excluding hydrogens is 558 g/mol. The maximum absolute atomic E-state index is 5.10. The standard InChI is InChI=1S/C43H27N3/c1-7-15-41-34(9-1)33-26-23-31(27-37(33)43-44-38-12-4-8-16-42(38)46(41)43)30-19-17-28(18-20-30)29-21-24-32(25-22-29)45-39-13-5-2-10-35(39)36-11-3-6-14-40(36)45/h1-27H. The smallest absolute Gasteiger partial charge is 0.146 e. The summed E-state index contributed by atoms with van der Waals surface area (Å²) in [4.78, 5) is 5.10. The predicted octanol–water partition coefficient (Wildman–Crippen LogP) is 11.2. The van der Waals surface area contributed by atoms with E-state index in [4.69, 9.17) is 4.98 Å². The highest BCUT2D eigenvalue weighted by Gasteiger charge is 2.15. The average Bonchev–Trinajstić information content (AvgIpc) is 3.69. The normalized spacial score (nSPS) is 11.9. The molecule has 214 valence electrons. The summed E-state index contributed by atoms with van der Waals surface area (Å²) < 4.78 is 4.67. The van der Waals surface area contributed by atoms with Crippen molar-refractivity contribution in [3.05, 3.63) is 164 Å². The Labute approximate surface area is 265 Å². The highest BCUT2D eigenvalue weighted by Crippen LogP contribution is 2.36. The lowest BCUT2D eigenvalue weighted by atomic mass is 9.97. The van der Waals surface area contributed by atoms with Gasteiger partial charge in [0, 0.05) is 27.2 Å². The van der Waals surface area contributed by atoms with Gasteiger partial charge in [0.25, 0.3) is 0 Å². The second-order valence-corrected chi connectivity index (χ2v) is 12.0. The second-order valence-electron chi connectivity index (χ2n) is 12.0. The average molecular weight is 586 g/mol. The van der Waals surface area contributed by atoms with Crippen molar-refractivity contribution in [2.24, 2.45) is 0 Å². The zero-order chi connectivity index (χ0) is 30.2. The van der Waals surface area contributed by atoms with E-state index in [1.807, 2.05) is 0 Å². The number of aromatic nitrogens is 3. The number of rotatable bonds is 3. The van der Waals surface area contributed by atoms with E-state index in [-0.39, 0.29) is 0 Å². The molecule has 0 N–H and O–H groups in total. The summed E-state index contributed by atoms with van der Waals surface area (Å²) in [6.45, 7) is 0. The summed E-state index contributed by atoms with van der Waals surface area (Å²) in [5, 5.41) is 6.18. The third kappa shape index (κ3) is 3.63. The van der Waals surface area contributed by atoms with E-state index < -0.39 is 0 Å². The van der Waals surface area contributed by atoms with Crippen molar-refractivity contribution in [2.75, 3.05) is 0 Å². The van der Waals surface area contributed by atoms with E-state index in [2.05, 4.69) is 173 Å². The Morgan fingerprint density at radius 1 is 0.348 bits per heavy atom. The van der Waals surface area contributed by atoms with Gasteiger partial charge >= 0.3 is 0 Å². The van der Waals surface area contributed by atoms with Crippen LogP contribution in [0, 0.1) is 0 Å². The minimum absolute atomic E-state index is 0.997. The lowest BCUT2D eigenvalue weighted by Crippen LogP contribution is -1.93. The number of hydrogen-bond donors (Lipinski definition) is 0. The summed E-state index contributed by atoms with van der Waals surface area (Å²) in [6.07, 6.45) is 0. The maximum Gasteiger partial charge on any atom is 0.146 e. The van der Waals surface area contributed by atoms with E-state index in [0.29, 0.717) is 0 Å². The van der Waals surface area contributed by atoms with Crippen LogP contribution in [-0.2, 0) is 0 Å². The first-order valence-electron chi connectivity index (χ1n) is 15.7. The topological polar surface area (TPSA) is 22.2 Å². The van der Waals surface area contributed by atoms with Crippen LogP contribution in [0.5, 0.6) is 0 Å². The molecule has 3 nitrogen and oxygen atoms in total. The van der Waals surface area contributed by atoms with Gasteiger partial charge in [0.05, 0.1) is 27.6 Å². The molecule has 0 saturated carbocycles. The Kier molecular flexibility index (Phi) is 5.28. The maximum atomic E-state index is 5.10. The molecule has 3 aromatic heterocycles. The zero-order valence-corrected chi connectivity index (χ0v) is 24.9. The molecular formula is C43H27N3. The quantitative estimate of drug-likeness (QED) is 0.189. The van der Waals surface area contributed by atoms with Crippen LogP contribution in [0.1, 0.15) is 0 Å². The summed E-state index contributed by atoms with van der Waals surface area (Å²) in [5.41, 5.74) is 12.7. The molecule has 0 spiro atoms. The minimum atomic E-state index is 0.997. The summed E-state index contributed by atoms with van der Waals surface area (Å²) in [5.74, 6) is 0. The number of nitrogens with zero attached hydrogens (tertiary/aromatic N) is 3. The van der Waals surface area contributed by atoms with Crippen molar-refractivity contribution in [3.8, 4) is 27.9 Å². The number of hydrogen-bond acceptors (Lipinski definition) is 1. The number of para-hydroxylation sites is 5. The van der Waals surface area contributed by atoms with Gasteiger partial charge in [-0.3, -0.25) is 4.40 Å². The van der Waals surface area contributed by atoms with Crippen LogP contribution in [0.2, 0.25) is 0 Å². The SMILES string of the molecule is c1ccc2c(c1)nc1c3cc(-c4ccc(-c5ccc(-n6c7ccccc7c7ccccc76)cc5)cc4)ccc3c3ccccc3n21. The third-order valence-corrected chi connectivity index (χ3v) is 9.51. The Morgan fingerprint density at radius 2 is 0.826 bits per heavy atom. The van der Waals surface area contributed by atoms with Gasteiger partial charge in [-0.25, -0.2) is 4.98 Å². The van der Waals surface area contributed by atoms with Crippen LogP contribution in [0.4, 0.5) is 0 Å². The Bertz CT molecular complexity index is 2730. The second kappa shape index (κ2) is 9.65. The Morgan fingerprint density at radius 3 is 1.48 bits per heavy atom. The van der Waals surface area contributed by atoms with Crippen molar-refractivity contribution in [2.45, 2.75) is 0 Å². The molecule has 0 bridgehead atoms. The van der Waals surface area contributed by atoms with Crippen LogP contribution in [0.15, 0.2) is 164 Å². The third-order valence-electron chi connectivity index (χ3n) is 9.51. The van der Waals surface area contributed by atoms with Crippen molar-refractivity contribution < 1.29 is 0 Å². The fraction of sp³-hybridized carbons (Fsp3) is 0. The van der Waals surface area contributed by atoms with Gasteiger partial charge in [-0.1, -0.05) is 115 Å². The van der Waals surface area contributed by atoms with Crippen LogP contribution in [0.3, 0.4) is 0 Å². The van der Waals surface area contributed by atoms with Gasteiger partial charge in [-0.05, 0) is 76.2 Å². The molecule has 10 aromatic rings. The molecule has 10 rings (SSSR count). The molecule has 0 fully saturated rings. The Balaban J connectivity index is 1.04. The van der Waals surface area contributed by atoms with E-state index >= 15 is 0 Å². The minimum Gasteiger partial charge on any atom is -0.309 e. The van der Waals surface area contributed by atoms with Crippen molar-refractivity contribution >= 4 is 60.2 Å². The molecule has 0 radical (unpaired) electrons. The molecule has 7 aromatic carbocycles. The molecule has 0 unspecified atom stereocenters. The molecule has 0 aliphatic heterocycles. The number of pyridine rings is 1. The first-order valence-corrected chi connectivity index (χ1v) is 15.7. The van der Waals surface area contributed by atoms with Gasteiger partial charge < -0.3 is 4.57 Å². The Hall–Kier alpha value is -6.19. The highest BCUT2D eigenvalue weighted by atomic mass is 15.0. The molecule has 3 heterocycles. The summed E-state index contributed by atoms with van der Waals surface area (Å²) >= 11 is 0. The van der Waals surface area contributed by atoms with Crippen LogP contribution in [-0.4, -0.2) is 14.0 Å². The largest absolute Gasteiger partial charge is 0.309 e. The number of benzene rings is 7. The van der Waals surface area contributed by atoms with Crippen LogP contribution in [0.25, 0.3) is 88.1 Å². The first kappa shape index (κ1) is 25.2. The van der Waals surface area contributed by atoms with Gasteiger partial charge in [-0.2, -0.15) is 0 Å². The zero-order valence-electron chi connectivity index (χ0n) is 24.9. The van der Waals surface area contributed by atoms with Gasteiger partial charge in [-0.15, -0.1) is 0 Å². The molecule has 0 amide bonds. The van der Waals surface area contributed by atoms with Crippen molar-refractivity contribution in [1.29, 1.82) is 0 Å². The van der Waals surface area contributed by atoms with E-state index in [0.717, 1.165) is 22.1 Å². The fourth-order valence-corrected chi connectivity index (χ4v) is 7.35. The molecule has 3 heteroatoms. The molecule has 0 aliphatic carbocycles. The van der Waals surface area contributed by atoms with Crippen molar-refractivity contribution in [3.63, 3.8) is 0 Å². The number of imidazole rings is 1. The van der Waals surface area contributed by atoms with E-state index in [1.165, 1.54) is 66.0 Å². The van der Waals surface area contributed by atoms with E-state index in [9.17, 15) is 0 Å². The monoisotopic (exact) mass is 585 g/mol. The lowest BCUT2D eigenvalue weighted by molar-refractivity contribution is 1.18. The van der Waals surface area contributed by atoms with Gasteiger partial charge in [0.15, 0.2) is 0 Å². The van der Waals surface area contributed by atoms with Gasteiger partial charge in [0.2, 0.25) is 0 Å². The highest BCUT2D eigenvalue weighted by molar-refractivity contribution is 6.14. The fourth-order valence-electron chi connectivity index (χ4n) is 7.35. The van der Waals surface area contributed by atoms with Crippen LogP contribution >= 0.6 is 0 Å². The molecule has 0 saturated heterocycles. The molecule has 46 heavy (non-hydrogen) atoms. The predicted molar refractivity (Wildman–Crippen MR) is 193 cm³/mol.